The number of aliphatic hydroxyl groups excluding tert-OH is 1. The zero-order chi connectivity index (χ0) is 16.8. The number of hydrogen-bond acceptors (Lipinski definition) is 6. The van der Waals surface area contributed by atoms with Crippen molar-refractivity contribution in [3.63, 3.8) is 0 Å². The second-order valence-corrected chi connectivity index (χ2v) is 5.55. The highest BCUT2D eigenvalue weighted by Gasteiger charge is 2.20. The molecular weight excluding hydrogens is 324 g/mol. The van der Waals surface area contributed by atoms with Gasteiger partial charge in [0.15, 0.2) is 11.5 Å². The van der Waals surface area contributed by atoms with Gasteiger partial charge in [-0.3, -0.25) is 4.79 Å². The molecule has 1 amide bonds. The third-order valence-electron chi connectivity index (χ3n) is 3.51. The van der Waals surface area contributed by atoms with Crippen LogP contribution >= 0.6 is 11.6 Å². The molecule has 1 aliphatic heterocycles. The molecule has 0 saturated carbocycles. The minimum atomic E-state index is -0.911. The SMILES string of the molecule is COC(CN)CC(=O)NCC(O)c1cc(Cl)c2c(c1)OCCO2. The number of halogens is 1. The molecule has 4 N–H and O–H groups in total. The molecule has 23 heavy (non-hydrogen) atoms. The molecule has 1 heterocycles. The fourth-order valence-corrected chi connectivity index (χ4v) is 2.47. The first-order valence-electron chi connectivity index (χ1n) is 7.31. The summed E-state index contributed by atoms with van der Waals surface area (Å²) in [5.74, 6) is 0.723. The van der Waals surface area contributed by atoms with E-state index < -0.39 is 6.10 Å². The van der Waals surface area contributed by atoms with Gasteiger partial charge in [0, 0.05) is 20.2 Å². The first-order chi connectivity index (χ1) is 11.0. The number of hydrogen-bond donors (Lipinski definition) is 3. The van der Waals surface area contributed by atoms with Gasteiger partial charge in [-0.15, -0.1) is 0 Å². The number of amides is 1. The first-order valence-corrected chi connectivity index (χ1v) is 7.69. The van der Waals surface area contributed by atoms with Crippen LogP contribution in [-0.2, 0) is 9.53 Å². The molecule has 2 atom stereocenters. The zero-order valence-electron chi connectivity index (χ0n) is 12.9. The molecule has 0 saturated heterocycles. The van der Waals surface area contributed by atoms with Crippen molar-refractivity contribution in [2.45, 2.75) is 18.6 Å². The maximum Gasteiger partial charge on any atom is 0.222 e. The van der Waals surface area contributed by atoms with Gasteiger partial charge in [0.25, 0.3) is 0 Å². The van der Waals surface area contributed by atoms with Crippen molar-refractivity contribution >= 4 is 17.5 Å². The Bertz CT molecular complexity index is 551. The summed E-state index contributed by atoms with van der Waals surface area (Å²) in [4.78, 5) is 11.8. The summed E-state index contributed by atoms with van der Waals surface area (Å²) >= 11 is 6.13. The average molecular weight is 345 g/mol. The third-order valence-corrected chi connectivity index (χ3v) is 3.79. The Morgan fingerprint density at radius 3 is 2.91 bits per heavy atom. The molecule has 0 bridgehead atoms. The van der Waals surface area contributed by atoms with Crippen molar-refractivity contribution < 1.29 is 24.1 Å². The smallest absolute Gasteiger partial charge is 0.222 e. The summed E-state index contributed by atoms with van der Waals surface area (Å²) in [7, 11) is 1.50. The predicted molar refractivity (Wildman–Crippen MR) is 84.9 cm³/mol. The van der Waals surface area contributed by atoms with E-state index in [1.54, 1.807) is 12.1 Å². The predicted octanol–water partition coefficient (Wildman–Crippen LogP) is 0.625. The van der Waals surface area contributed by atoms with E-state index in [1.165, 1.54) is 7.11 Å². The van der Waals surface area contributed by atoms with Crippen molar-refractivity contribution in [2.24, 2.45) is 5.73 Å². The summed E-state index contributed by atoms with van der Waals surface area (Å²) < 4.78 is 15.9. The van der Waals surface area contributed by atoms with E-state index in [0.29, 0.717) is 35.3 Å². The van der Waals surface area contributed by atoms with Crippen LogP contribution in [0.5, 0.6) is 11.5 Å². The molecule has 1 aromatic carbocycles. The second kappa shape index (κ2) is 8.35. The molecule has 1 aromatic rings. The lowest BCUT2D eigenvalue weighted by molar-refractivity contribution is -0.123. The Morgan fingerprint density at radius 1 is 1.48 bits per heavy atom. The number of methoxy groups -OCH3 is 1. The highest BCUT2D eigenvalue weighted by molar-refractivity contribution is 6.32. The molecule has 0 fully saturated rings. The van der Waals surface area contributed by atoms with Gasteiger partial charge in [-0.25, -0.2) is 0 Å². The van der Waals surface area contributed by atoms with Crippen molar-refractivity contribution in [3.8, 4) is 11.5 Å². The number of carbonyl (C=O) groups is 1. The third kappa shape index (κ3) is 4.71. The lowest BCUT2D eigenvalue weighted by atomic mass is 10.1. The summed E-state index contributed by atoms with van der Waals surface area (Å²) in [6.45, 7) is 1.17. The van der Waals surface area contributed by atoms with Gasteiger partial charge in [-0.1, -0.05) is 11.6 Å². The molecule has 128 valence electrons. The lowest BCUT2D eigenvalue weighted by Gasteiger charge is -2.22. The molecule has 0 aliphatic carbocycles. The largest absolute Gasteiger partial charge is 0.486 e. The van der Waals surface area contributed by atoms with Crippen LogP contribution in [0, 0.1) is 0 Å². The molecule has 2 unspecified atom stereocenters. The van der Waals surface area contributed by atoms with Crippen LogP contribution in [0.25, 0.3) is 0 Å². The molecule has 0 aromatic heterocycles. The second-order valence-electron chi connectivity index (χ2n) is 5.14. The minimum Gasteiger partial charge on any atom is -0.486 e. The summed E-state index contributed by atoms with van der Waals surface area (Å²) in [5, 5.41) is 13.2. The number of ether oxygens (including phenoxy) is 3. The average Bonchev–Trinajstić information content (AvgIpc) is 2.57. The number of rotatable bonds is 7. The molecule has 8 heteroatoms. The van der Waals surface area contributed by atoms with Crippen LogP contribution in [0.2, 0.25) is 5.02 Å². The first kappa shape index (κ1) is 17.8. The normalized spacial score (nSPS) is 15.8. The number of benzene rings is 1. The van der Waals surface area contributed by atoms with E-state index in [2.05, 4.69) is 5.32 Å². The van der Waals surface area contributed by atoms with Crippen LogP contribution in [0.15, 0.2) is 12.1 Å². The van der Waals surface area contributed by atoms with Gasteiger partial charge in [0.2, 0.25) is 5.91 Å². The Kier molecular flexibility index (Phi) is 6.47. The maximum absolute atomic E-state index is 11.8. The van der Waals surface area contributed by atoms with Gasteiger partial charge in [0.1, 0.15) is 13.2 Å². The number of aliphatic hydroxyl groups is 1. The fraction of sp³-hybridized carbons (Fsp3) is 0.533. The summed E-state index contributed by atoms with van der Waals surface area (Å²) in [6, 6.07) is 3.26. The van der Waals surface area contributed by atoms with Crippen molar-refractivity contribution in [2.75, 3.05) is 33.4 Å². The Hall–Kier alpha value is -1.54. The van der Waals surface area contributed by atoms with Crippen molar-refractivity contribution in [3.05, 3.63) is 22.7 Å². The van der Waals surface area contributed by atoms with Crippen LogP contribution in [0.3, 0.4) is 0 Å². The zero-order valence-corrected chi connectivity index (χ0v) is 13.6. The van der Waals surface area contributed by atoms with Crippen molar-refractivity contribution in [1.29, 1.82) is 0 Å². The molecule has 7 nitrogen and oxygen atoms in total. The molecule has 2 rings (SSSR count). The Labute approximate surface area is 139 Å². The van der Waals surface area contributed by atoms with Gasteiger partial charge in [-0.2, -0.15) is 0 Å². The lowest BCUT2D eigenvalue weighted by Crippen LogP contribution is -2.34. The molecular formula is C15H21ClN2O5. The number of nitrogens with one attached hydrogen (secondary N) is 1. The molecule has 0 radical (unpaired) electrons. The number of carbonyl (C=O) groups excluding carboxylic acids is 1. The van der Waals surface area contributed by atoms with E-state index >= 15 is 0 Å². The Morgan fingerprint density at radius 2 is 2.22 bits per heavy atom. The van der Waals surface area contributed by atoms with Gasteiger partial charge >= 0.3 is 0 Å². The van der Waals surface area contributed by atoms with Crippen LogP contribution in [0.1, 0.15) is 18.1 Å². The van der Waals surface area contributed by atoms with Crippen LogP contribution in [0.4, 0.5) is 0 Å². The highest BCUT2D eigenvalue weighted by atomic mass is 35.5. The topological polar surface area (TPSA) is 103 Å². The highest BCUT2D eigenvalue weighted by Crippen LogP contribution is 2.39. The quantitative estimate of drug-likeness (QED) is 0.670. The van der Waals surface area contributed by atoms with E-state index in [9.17, 15) is 9.90 Å². The van der Waals surface area contributed by atoms with E-state index in [1.807, 2.05) is 0 Å². The number of fused-ring (bicyclic) bond motifs is 1. The summed E-state index contributed by atoms with van der Waals surface area (Å²) in [6.07, 6.45) is -1.11. The number of nitrogens with two attached hydrogens (primary N) is 1. The standard InChI is InChI=1S/C15H21ClN2O5/c1-21-10(7-17)6-14(20)18-8-12(19)9-4-11(16)15-13(5-9)22-2-3-23-15/h4-5,10,12,19H,2-3,6-8,17H2,1H3,(H,18,20). The fourth-order valence-electron chi connectivity index (χ4n) is 2.19. The molecule has 1 aliphatic rings. The van der Waals surface area contributed by atoms with Gasteiger partial charge in [0.05, 0.1) is 23.7 Å². The monoisotopic (exact) mass is 344 g/mol. The van der Waals surface area contributed by atoms with E-state index in [4.69, 9.17) is 31.5 Å². The Balaban J connectivity index is 1.94. The van der Waals surface area contributed by atoms with Gasteiger partial charge in [-0.05, 0) is 17.7 Å². The van der Waals surface area contributed by atoms with Crippen LogP contribution in [-0.4, -0.2) is 50.5 Å². The molecule has 0 spiro atoms. The maximum atomic E-state index is 11.8. The summed E-state index contributed by atoms with van der Waals surface area (Å²) in [5.41, 5.74) is 6.01. The van der Waals surface area contributed by atoms with Crippen molar-refractivity contribution in [1.82, 2.24) is 5.32 Å². The van der Waals surface area contributed by atoms with Crippen LogP contribution < -0.4 is 20.5 Å². The van der Waals surface area contributed by atoms with E-state index in [0.717, 1.165) is 0 Å². The minimum absolute atomic E-state index is 0.0514. The van der Waals surface area contributed by atoms with E-state index in [-0.39, 0.29) is 31.5 Å². The van der Waals surface area contributed by atoms with Gasteiger partial charge < -0.3 is 30.4 Å².